The van der Waals surface area contributed by atoms with Crippen molar-refractivity contribution in [3.63, 3.8) is 0 Å². The van der Waals surface area contributed by atoms with E-state index in [0.29, 0.717) is 20.8 Å². The van der Waals surface area contributed by atoms with E-state index in [1.807, 2.05) is 0 Å². The van der Waals surface area contributed by atoms with Gasteiger partial charge in [-0.3, -0.25) is 0 Å². The number of benzene rings is 1. The molecule has 1 unspecified atom stereocenters. The van der Waals surface area contributed by atoms with Gasteiger partial charge in [0.25, 0.3) is 0 Å². The van der Waals surface area contributed by atoms with E-state index in [-0.39, 0.29) is 16.2 Å². The standard InChI is InChI=1S/C29H48S/c1-24(2,3)19-17-20(25(4,5)6)22(21(18-19)26(7,8)9)23-29(30-23)27(10,11)15-14-16-28(29,12)13/h17-18,23H,14-16H2,1-13H3. The zero-order valence-corrected chi connectivity index (χ0v) is 23.1. The second-order valence-electron chi connectivity index (χ2n) is 14.6. The maximum absolute atomic E-state index is 2.57. The molecule has 1 aliphatic heterocycles. The molecule has 0 radical (unpaired) electrons. The zero-order chi connectivity index (χ0) is 23.1. The molecule has 1 aliphatic carbocycles. The lowest BCUT2D eigenvalue weighted by atomic mass is 9.54. The molecule has 0 nitrogen and oxygen atoms in total. The summed E-state index contributed by atoms with van der Waals surface area (Å²) in [6, 6.07) is 5.14. The summed E-state index contributed by atoms with van der Waals surface area (Å²) in [7, 11) is 0. The van der Waals surface area contributed by atoms with Crippen molar-refractivity contribution in [2.45, 2.75) is 136 Å². The summed E-state index contributed by atoms with van der Waals surface area (Å²) in [5.74, 6) is 0. The summed E-state index contributed by atoms with van der Waals surface area (Å²) in [6.07, 6.45) is 4.08. The topological polar surface area (TPSA) is 0 Å². The van der Waals surface area contributed by atoms with E-state index in [4.69, 9.17) is 0 Å². The normalized spacial score (nSPS) is 25.4. The van der Waals surface area contributed by atoms with Crippen LogP contribution in [-0.4, -0.2) is 4.75 Å². The number of hydrogen-bond acceptors (Lipinski definition) is 1. The van der Waals surface area contributed by atoms with Gasteiger partial charge in [0.05, 0.1) is 0 Å². The zero-order valence-electron chi connectivity index (χ0n) is 22.3. The first-order chi connectivity index (χ1) is 13.3. The van der Waals surface area contributed by atoms with Crippen LogP contribution in [-0.2, 0) is 16.2 Å². The Kier molecular flexibility index (Phi) is 5.48. The minimum absolute atomic E-state index is 0.143. The van der Waals surface area contributed by atoms with E-state index < -0.39 is 0 Å². The number of thioether (sulfide) groups is 1. The number of rotatable bonds is 1. The Morgan fingerprint density at radius 3 is 1.43 bits per heavy atom. The molecule has 0 N–H and O–H groups in total. The van der Waals surface area contributed by atoms with Gasteiger partial charge < -0.3 is 0 Å². The highest BCUT2D eigenvalue weighted by molar-refractivity contribution is 8.08. The summed E-state index contributed by atoms with van der Waals surface area (Å²) in [4.78, 5) is 0. The van der Waals surface area contributed by atoms with E-state index >= 15 is 0 Å². The monoisotopic (exact) mass is 428 g/mol. The fourth-order valence-electron chi connectivity index (χ4n) is 6.31. The smallest absolute Gasteiger partial charge is 0.0467 e. The third-order valence-corrected chi connectivity index (χ3v) is 10.4. The molecular weight excluding hydrogens is 380 g/mol. The van der Waals surface area contributed by atoms with Crippen molar-refractivity contribution in [1.29, 1.82) is 0 Å². The lowest BCUT2D eigenvalue weighted by Gasteiger charge is -2.50. The fraction of sp³-hybridized carbons (Fsp3) is 0.793. The molecule has 1 aromatic rings. The molecule has 1 aromatic carbocycles. The molecular formula is C29H48S. The molecule has 0 aromatic heterocycles. The van der Waals surface area contributed by atoms with E-state index in [9.17, 15) is 0 Å². The van der Waals surface area contributed by atoms with Gasteiger partial charge in [0.2, 0.25) is 0 Å². The van der Waals surface area contributed by atoms with Crippen LogP contribution >= 0.6 is 11.8 Å². The van der Waals surface area contributed by atoms with E-state index in [1.165, 1.54) is 24.8 Å². The van der Waals surface area contributed by atoms with Crippen LogP contribution in [0, 0.1) is 10.8 Å². The molecule has 1 saturated heterocycles. The predicted molar refractivity (Wildman–Crippen MR) is 137 cm³/mol. The second-order valence-corrected chi connectivity index (χ2v) is 15.9. The largest absolute Gasteiger partial charge is 0.143 e. The van der Waals surface area contributed by atoms with Gasteiger partial charge in [-0.25, -0.2) is 0 Å². The van der Waals surface area contributed by atoms with Crippen molar-refractivity contribution in [2.24, 2.45) is 10.8 Å². The Bertz CT molecular complexity index is 766. The van der Waals surface area contributed by atoms with Gasteiger partial charge in [0.15, 0.2) is 0 Å². The van der Waals surface area contributed by atoms with Crippen LogP contribution in [0.5, 0.6) is 0 Å². The molecule has 1 saturated carbocycles. The molecule has 30 heavy (non-hydrogen) atoms. The molecule has 1 spiro atoms. The first-order valence-electron chi connectivity index (χ1n) is 12.1. The molecule has 2 aliphatic rings. The molecule has 3 rings (SSSR count). The van der Waals surface area contributed by atoms with Gasteiger partial charge in [0, 0.05) is 10.00 Å². The van der Waals surface area contributed by atoms with Crippen molar-refractivity contribution < 1.29 is 0 Å². The summed E-state index contributed by atoms with van der Waals surface area (Å²) in [5.41, 5.74) is 7.54. The average Bonchev–Trinajstić information content (AvgIpc) is 3.27. The highest BCUT2D eigenvalue weighted by Gasteiger charge is 2.72. The van der Waals surface area contributed by atoms with Crippen LogP contribution in [0.3, 0.4) is 0 Å². The predicted octanol–water partition coefficient (Wildman–Crippen LogP) is 9.34. The minimum Gasteiger partial charge on any atom is -0.143 e. The maximum atomic E-state index is 2.57. The molecule has 1 heterocycles. The van der Waals surface area contributed by atoms with Gasteiger partial charge in [-0.1, -0.05) is 109 Å². The Morgan fingerprint density at radius 2 is 1.10 bits per heavy atom. The summed E-state index contributed by atoms with van der Waals surface area (Å²) >= 11 is 2.30. The van der Waals surface area contributed by atoms with Gasteiger partial charge >= 0.3 is 0 Å². The Balaban J connectivity index is 2.32. The molecule has 170 valence electrons. The molecule has 0 amide bonds. The average molecular weight is 429 g/mol. The van der Waals surface area contributed by atoms with Crippen LogP contribution in [0.1, 0.15) is 137 Å². The van der Waals surface area contributed by atoms with E-state index in [2.05, 4.69) is 114 Å². The van der Waals surface area contributed by atoms with Gasteiger partial charge in [-0.15, -0.1) is 11.8 Å². The van der Waals surface area contributed by atoms with Crippen LogP contribution in [0.25, 0.3) is 0 Å². The van der Waals surface area contributed by atoms with Crippen molar-refractivity contribution in [3.8, 4) is 0 Å². The lowest BCUT2D eigenvalue weighted by Crippen LogP contribution is -2.48. The van der Waals surface area contributed by atoms with Gasteiger partial charge in [-0.05, 0) is 62.2 Å². The first kappa shape index (κ1) is 24.2. The summed E-state index contributed by atoms with van der Waals surface area (Å²) < 4.78 is 0.349. The minimum atomic E-state index is 0.143. The molecule has 1 atom stereocenters. The Morgan fingerprint density at radius 1 is 0.700 bits per heavy atom. The van der Waals surface area contributed by atoms with E-state index in [1.54, 1.807) is 16.7 Å². The Hall–Kier alpha value is -0.430. The second kappa shape index (κ2) is 6.79. The first-order valence-corrected chi connectivity index (χ1v) is 13.0. The molecule has 0 bridgehead atoms. The van der Waals surface area contributed by atoms with Crippen molar-refractivity contribution in [3.05, 3.63) is 34.4 Å². The van der Waals surface area contributed by atoms with Crippen molar-refractivity contribution in [2.75, 3.05) is 0 Å². The van der Waals surface area contributed by atoms with Crippen molar-refractivity contribution >= 4 is 11.8 Å². The molecule has 1 heteroatoms. The molecule has 2 fully saturated rings. The quantitative estimate of drug-likeness (QED) is 0.401. The third kappa shape index (κ3) is 3.70. The van der Waals surface area contributed by atoms with Crippen LogP contribution in [0.2, 0.25) is 0 Å². The third-order valence-electron chi connectivity index (χ3n) is 8.15. The summed E-state index contributed by atoms with van der Waals surface area (Å²) in [5, 5.41) is 0.611. The number of hydrogen-bond donors (Lipinski definition) is 0. The fourth-order valence-corrected chi connectivity index (χ4v) is 8.59. The summed E-state index contributed by atoms with van der Waals surface area (Å²) in [6.45, 7) is 31.8. The maximum Gasteiger partial charge on any atom is 0.0467 e. The van der Waals surface area contributed by atoms with E-state index in [0.717, 1.165) is 0 Å². The highest BCUT2D eigenvalue weighted by Crippen LogP contribution is 2.82. The van der Waals surface area contributed by atoms with Crippen LogP contribution in [0.4, 0.5) is 0 Å². The SMILES string of the molecule is CC(C)(C)c1cc(C(C)(C)C)c(C2SC23C(C)(C)CCCC3(C)C)c(C(C)(C)C)c1. The Labute approximate surface area is 192 Å². The van der Waals surface area contributed by atoms with Crippen LogP contribution < -0.4 is 0 Å². The van der Waals surface area contributed by atoms with Crippen LogP contribution in [0.15, 0.2) is 12.1 Å². The van der Waals surface area contributed by atoms with Crippen molar-refractivity contribution in [1.82, 2.24) is 0 Å². The van der Waals surface area contributed by atoms with Gasteiger partial charge in [-0.2, -0.15) is 0 Å². The lowest BCUT2D eigenvalue weighted by molar-refractivity contribution is 0.0689. The highest BCUT2D eigenvalue weighted by atomic mass is 32.2. The van der Waals surface area contributed by atoms with Gasteiger partial charge in [0.1, 0.15) is 0 Å².